The molecule has 0 bridgehead atoms. The molecule has 0 unspecified atom stereocenters. The quantitative estimate of drug-likeness (QED) is 0.681. The van der Waals surface area contributed by atoms with Gasteiger partial charge in [-0.05, 0) is 32.1 Å². The Bertz CT molecular complexity index is 315. The van der Waals surface area contributed by atoms with Crippen molar-refractivity contribution in [1.82, 2.24) is 0 Å². The molecule has 2 nitrogen and oxygen atoms in total. The van der Waals surface area contributed by atoms with Crippen LogP contribution in [0.25, 0.3) is 12.2 Å². The summed E-state index contributed by atoms with van der Waals surface area (Å²) in [7, 11) is 0. The van der Waals surface area contributed by atoms with Crippen LogP contribution in [0.3, 0.4) is 0 Å². The van der Waals surface area contributed by atoms with Gasteiger partial charge in [-0.2, -0.15) is 0 Å². The molecule has 12 heavy (non-hydrogen) atoms. The van der Waals surface area contributed by atoms with Crippen LogP contribution in [-0.4, -0.2) is 5.11 Å². The molecule has 0 aliphatic carbocycles. The zero-order chi connectivity index (χ0) is 9.14. The molecule has 1 aromatic rings. The van der Waals surface area contributed by atoms with Gasteiger partial charge in [0.05, 0.1) is 5.76 Å². The normalized spacial score (nSPS) is 11.7. The van der Waals surface area contributed by atoms with Crippen molar-refractivity contribution in [3.05, 3.63) is 35.5 Å². The third kappa shape index (κ3) is 1.78. The Balaban J connectivity index is 3.13. The summed E-state index contributed by atoms with van der Waals surface area (Å²) in [5.41, 5.74) is 0.863. The summed E-state index contributed by atoms with van der Waals surface area (Å²) in [6.45, 7) is 7.09. The van der Waals surface area contributed by atoms with Gasteiger partial charge in [-0.15, -0.1) is 0 Å². The summed E-state index contributed by atoms with van der Waals surface area (Å²) < 4.78 is 5.29. The molecule has 0 aliphatic rings. The first kappa shape index (κ1) is 8.65. The van der Waals surface area contributed by atoms with Crippen molar-refractivity contribution < 1.29 is 9.52 Å². The van der Waals surface area contributed by atoms with Crippen LogP contribution < -0.4 is 0 Å². The molecule has 0 atom stereocenters. The van der Waals surface area contributed by atoms with Crippen molar-refractivity contribution in [2.75, 3.05) is 0 Å². The molecule has 1 aromatic heterocycles. The third-order valence-corrected chi connectivity index (χ3v) is 1.46. The lowest BCUT2D eigenvalue weighted by molar-refractivity contribution is 0.419. The van der Waals surface area contributed by atoms with Crippen molar-refractivity contribution in [2.24, 2.45) is 0 Å². The molecule has 0 aliphatic heterocycles. The van der Waals surface area contributed by atoms with Gasteiger partial charge in [-0.1, -0.05) is 6.58 Å². The smallest absolute Gasteiger partial charge is 0.133 e. The van der Waals surface area contributed by atoms with Crippen LogP contribution in [0, 0.1) is 6.92 Å². The van der Waals surface area contributed by atoms with Gasteiger partial charge in [0.25, 0.3) is 0 Å². The minimum atomic E-state index is 0.263. The fourth-order valence-corrected chi connectivity index (χ4v) is 1.05. The second-order valence-electron chi connectivity index (χ2n) is 2.67. The zero-order valence-corrected chi connectivity index (χ0v) is 7.29. The third-order valence-electron chi connectivity index (χ3n) is 1.46. The summed E-state index contributed by atoms with van der Waals surface area (Å²) >= 11 is 0. The molecule has 0 saturated heterocycles. The highest BCUT2D eigenvalue weighted by atomic mass is 16.3. The molecule has 1 rings (SSSR count). The fourth-order valence-electron chi connectivity index (χ4n) is 1.05. The van der Waals surface area contributed by atoms with Crippen molar-refractivity contribution in [3.63, 3.8) is 0 Å². The molecular formula is C10H12O2. The number of hydrogen-bond donors (Lipinski definition) is 1. The molecule has 0 saturated carbocycles. The van der Waals surface area contributed by atoms with Crippen LogP contribution in [0.2, 0.25) is 0 Å². The second-order valence-corrected chi connectivity index (χ2v) is 2.67. The van der Waals surface area contributed by atoms with E-state index in [-0.39, 0.29) is 5.76 Å². The number of aliphatic hydroxyl groups excluding tert-OH is 1. The molecule has 0 fully saturated rings. The maximum Gasteiger partial charge on any atom is 0.133 e. The summed E-state index contributed by atoms with van der Waals surface area (Å²) in [6, 6.07) is 1.86. The Labute approximate surface area is 71.8 Å². The number of rotatable bonds is 2. The maximum absolute atomic E-state index is 9.02. The first-order valence-electron chi connectivity index (χ1n) is 3.73. The van der Waals surface area contributed by atoms with E-state index >= 15 is 0 Å². The van der Waals surface area contributed by atoms with Crippen molar-refractivity contribution in [1.29, 1.82) is 0 Å². The Morgan fingerprint density at radius 2 is 2.33 bits per heavy atom. The summed E-state index contributed by atoms with van der Waals surface area (Å²) in [4.78, 5) is 0. The van der Waals surface area contributed by atoms with Gasteiger partial charge in [-0.3, -0.25) is 0 Å². The Hall–Kier alpha value is -1.44. The predicted molar refractivity (Wildman–Crippen MR) is 49.8 cm³/mol. The van der Waals surface area contributed by atoms with Crippen molar-refractivity contribution in [2.45, 2.75) is 13.8 Å². The van der Waals surface area contributed by atoms with E-state index in [4.69, 9.17) is 9.52 Å². The first-order chi connectivity index (χ1) is 5.63. The molecule has 64 valence electrons. The van der Waals surface area contributed by atoms with E-state index in [1.54, 1.807) is 19.1 Å². The van der Waals surface area contributed by atoms with Gasteiger partial charge in [0.15, 0.2) is 0 Å². The van der Waals surface area contributed by atoms with E-state index in [1.807, 2.05) is 13.0 Å². The van der Waals surface area contributed by atoms with Gasteiger partial charge in [0.1, 0.15) is 11.5 Å². The average molecular weight is 164 g/mol. The molecular weight excluding hydrogens is 152 g/mol. The Morgan fingerprint density at radius 3 is 2.83 bits per heavy atom. The fraction of sp³-hybridized carbons (Fsp3) is 0.200. The molecule has 1 N–H and O–H groups in total. The molecule has 0 amide bonds. The van der Waals surface area contributed by atoms with Gasteiger partial charge in [0.2, 0.25) is 0 Å². The number of aryl methyl sites for hydroxylation is 1. The van der Waals surface area contributed by atoms with Gasteiger partial charge < -0.3 is 9.52 Å². The minimum Gasteiger partial charge on any atom is -0.513 e. The summed E-state index contributed by atoms with van der Waals surface area (Å²) in [6.07, 6.45) is 3.27. The van der Waals surface area contributed by atoms with Crippen LogP contribution in [0.4, 0.5) is 0 Å². The lowest BCUT2D eigenvalue weighted by atomic mass is 10.2. The number of allylic oxidation sites excluding steroid dienone is 1. The van der Waals surface area contributed by atoms with E-state index < -0.39 is 0 Å². The topological polar surface area (TPSA) is 33.4 Å². The van der Waals surface area contributed by atoms with E-state index in [0.29, 0.717) is 5.76 Å². The minimum absolute atomic E-state index is 0.263. The molecule has 0 aromatic carbocycles. The highest BCUT2D eigenvalue weighted by Gasteiger charge is 2.02. The van der Waals surface area contributed by atoms with Crippen LogP contribution in [0.1, 0.15) is 24.0 Å². The van der Waals surface area contributed by atoms with Crippen molar-refractivity contribution in [3.8, 4) is 0 Å². The van der Waals surface area contributed by atoms with E-state index in [9.17, 15) is 0 Å². The summed E-state index contributed by atoms with van der Waals surface area (Å²) in [5, 5.41) is 9.02. The van der Waals surface area contributed by atoms with Crippen LogP contribution in [0.15, 0.2) is 22.8 Å². The molecule has 2 heteroatoms. The summed E-state index contributed by atoms with van der Waals surface area (Å²) in [5.74, 6) is 1.78. The van der Waals surface area contributed by atoms with Crippen LogP contribution >= 0.6 is 0 Å². The number of hydrogen-bond acceptors (Lipinski definition) is 2. The molecule has 0 spiro atoms. The van der Waals surface area contributed by atoms with E-state index in [1.165, 1.54) is 0 Å². The van der Waals surface area contributed by atoms with Gasteiger partial charge >= 0.3 is 0 Å². The first-order valence-corrected chi connectivity index (χ1v) is 3.73. The maximum atomic E-state index is 9.02. The standard InChI is InChI=1S/C10H12O2/c1-4-10-9(5-7(2)11)6-8(3)12-10/h4-6,11H,1H2,2-3H3/b7-5+. The molecule has 0 radical (unpaired) electrons. The SMILES string of the molecule is C=Cc1oc(C)cc1/C=C(\C)O. The lowest BCUT2D eigenvalue weighted by Gasteiger charge is -1.89. The van der Waals surface area contributed by atoms with E-state index in [2.05, 4.69) is 6.58 Å². The van der Waals surface area contributed by atoms with E-state index in [0.717, 1.165) is 11.3 Å². The van der Waals surface area contributed by atoms with Gasteiger partial charge in [-0.25, -0.2) is 0 Å². The zero-order valence-electron chi connectivity index (χ0n) is 7.29. The largest absolute Gasteiger partial charge is 0.513 e. The Morgan fingerprint density at radius 1 is 1.67 bits per heavy atom. The highest BCUT2D eigenvalue weighted by molar-refractivity contribution is 5.61. The highest BCUT2D eigenvalue weighted by Crippen LogP contribution is 2.18. The van der Waals surface area contributed by atoms with Crippen LogP contribution in [-0.2, 0) is 0 Å². The molecule has 1 heterocycles. The lowest BCUT2D eigenvalue weighted by Crippen LogP contribution is -1.73. The predicted octanol–water partition coefficient (Wildman–Crippen LogP) is 3.15. The second kappa shape index (κ2) is 3.30. The number of furan rings is 1. The Kier molecular flexibility index (Phi) is 2.38. The monoisotopic (exact) mass is 164 g/mol. The van der Waals surface area contributed by atoms with Crippen molar-refractivity contribution >= 4 is 12.2 Å². The average Bonchev–Trinajstić information content (AvgIpc) is 2.29. The van der Waals surface area contributed by atoms with Crippen LogP contribution in [0.5, 0.6) is 0 Å². The number of aliphatic hydroxyl groups is 1. The van der Waals surface area contributed by atoms with Gasteiger partial charge in [0, 0.05) is 5.56 Å².